The molecule has 1 N–H and O–H groups in total. The SMILES string of the molecule is CC(CCNC(=O)c1cc(Br)cnc1Cl)S(C)=O. The van der Waals surface area contributed by atoms with Gasteiger partial charge in [0.2, 0.25) is 0 Å². The topological polar surface area (TPSA) is 59.1 Å². The second-order valence-corrected chi connectivity index (χ2v) is 6.92. The molecule has 2 atom stereocenters. The average Bonchev–Trinajstić information content (AvgIpc) is 2.31. The molecular weight excluding hydrogens is 340 g/mol. The van der Waals surface area contributed by atoms with E-state index in [1.54, 1.807) is 12.3 Å². The van der Waals surface area contributed by atoms with E-state index in [9.17, 15) is 9.00 Å². The van der Waals surface area contributed by atoms with E-state index < -0.39 is 10.8 Å². The van der Waals surface area contributed by atoms with E-state index in [1.807, 2.05) is 6.92 Å². The second-order valence-electron chi connectivity index (χ2n) is 3.85. The molecule has 18 heavy (non-hydrogen) atoms. The highest BCUT2D eigenvalue weighted by molar-refractivity contribution is 9.10. The molecule has 4 nitrogen and oxygen atoms in total. The summed E-state index contributed by atoms with van der Waals surface area (Å²) in [6, 6.07) is 1.62. The van der Waals surface area contributed by atoms with Crippen LogP contribution in [-0.4, -0.2) is 33.2 Å². The first-order valence-corrected chi connectivity index (χ1v) is 8.12. The number of hydrogen-bond acceptors (Lipinski definition) is 3. The van der Waals surface area contributed by atoms with E-state index in [0.29, 0.717) is 23.0 Å². The number of amides is 1. The van der Waals surface area contributed by atoms with E-state index >= 15 is 0 Å². The highest BCUT2D eigenvalue weighted by Crippen LogP contribution is 2.17. The third-order valence-corrected chi connectivity index (χ3v) is 4.56. The number of pyridine rings is 1. The summed E-state index contributed by atoms with van der Waals surface area (Å²) in [5.74, 6) is -0.275. The Labute approximate surface area is 122 Å². The molecule has 100 valence electrons. The smallest absolute Gasteiger partial charge is 0.254 e. The summed E-state index contributed by atoms with van der Waals surface area (Å²) in [4.78, 5) is 15.7. The Morgan fingerprint density at radius 2 is 2.33 bits per heavy atom. The van der Waals surface area contributed by atoms with Crippen LogP contribution in [-0.2, 0) is 10.8 Å². The first-order valence-electron chi connectivity index (χ1n) is 5.33. The van der Waals surface area contributed by atoms with Gasteiger partial charge in [-0.15, -0.1) is 0 Å². The molecule has 0 aliphatic rings. The van der Waals surface area contributed by atoms with Crippen molar-refractivity contribution in [3.63, 3.8) is 0 Å². The van der Waals surface area contributed by atoms with Crippen LogP contribution >= 0.6 is 27.5 Å². The number of carbonyl (C=O) groups is 1. The fourth-order valence-corrected chi connectivity index (χ4v) is 2.20. The van der Waals surface area contributed by atoms with Crippen LogP contribution in [0.4, 0.5) is 0 Å². The van der Waals surface area contributed by atoms with Crippen molar-refractivity contribution in [2.24, 2.45) is 0 Å². The summed E-state index contributed by atoms with van der Waals surface area (Å²) >= 11 is 9.08. The molecule has 1 amide bonds. The molecule has 1 rings (SSSR count). The van der Waals surface area contributed by atoms with Gasteiger partial charge in [0.05, 0.1) is 5.56 Å². The van der Waals surface area contributed by atoms with Crippen molar-refractivity contribution < 1.29 is 9.00 Å². The summed E-state index contributed by atoms with van der Waals surface area (Å²) in [5, 5.41) is 2.96. The van der Waals surface area contributed by atoms with Gasteiger partial charge in [0.1, 0.15) is 5.15 Å². The van der Waals surface area contributed by atoms with Crippen molar-refractivity contribution in [3.8, 4) is 0 Å². The van der Waals surface area contributed by atoms with E-state index in [0.717, 1.165) is 0 Å². The maximum absolute atomic E-state index is 11.8. The largest absolute Gasteiger partial charge is 0.352 e. The average molecular weight is 354 g/mol. The van der Waals surface area contributed by atoms with E-state index in [2.05, 4.69) is 26.2 Å². The Balaban J connectivity index is 2.55. The van der Waals surface area contributed by atoms with Crippen LogP contribution in [0.5, 0.6) is 0 Å². The van der Waals surface area contributed by atoms with Gasteiger partial charge in [-0.05, 0) is 28.4 Å². The standard InChI is InChI=1S/C11H14BrClN2O2S/c1-7(18(2)17)3-4-14-11(16)9-5-8(12)6-15-10(9)13/h5-7H,3-4H2,1-2H3,(H,14,16). The molecule has 0 spiro atoms. The molecule has 0 fully saturated rings. The number of hydrogen-bond donors (Lipinski definition) is 1. The molecule has 0 radical (unpaired) electrons. The fourth-order valence-electron chi connectivity index (χ4n) is 1.23. The zero-order valence-electron chi connectivity index (χ0n) is 10.1. The van der Waals surface area contributed by atoms with Crippen molar-refractivity contribution in [1.29, 1.82) is 0 Å². The van der Waals surface area contributed by atoms with Gasteiger partial charge in [-0.1, -0.05) is 18.5 Å². The van der Waals surface area contributed by atoms with Crippen molar-refractivity contribution in [2.75, 3.05) is 12.8 Å². The second kappa shape index (κ2) is 7.21. The highest BCUT2D eigenvalue weighted by atomic mass is 79.9. The number of rotatable bonds is 5. The molecule has 1 aromatic rings. The minimum absolute atomic E-state index is 0.0569. The first-order chi connectivity index (χ1) is 8.41. The highest BCUT2D eigenvalue weighted by Gasteiger charge is 2.12. The molecule has 0 saturated heterocycles. The van der Waals surface area contributed by atoms with Gasteiger partial charge in [0, 0.05) is 39.5 Å². The van der Waals surface area contributed by atoms with Crippen molar-refractivity contribution in [2.45, 2.75) is 18.6 Å². The van der Waals surface area contributed by atoms with E-state index in [4.69, 9.17) is 11.6 Å². The van der Waals surface area contributed by atoms with E-state index in [1.165, 1.54) is 6.20 Å². The number of halogens is 2. The molecule has 0 aliphatic carbocycles. The molecule has 2 unspecified atom stereocenters. The van der Waals surface area contributed by atoms with Gasteiger partial charge in [-0.25, -0.2) is 4.98 Å². The lowest BCUT2D eigenvalue weighted by Crippen LogP contribution is -2.27. The number of aromatic nitrogens is 1. The molecule has 0 aromatic carbocycles. The van der Waals surface area contributed by atoms with E-state index in [-0.39, 0.29) is 16.3 Å². The number of carbonyl (C=O) groups excluding carboxylic acids is 1. The lowest BCUT2D eigenvalue weighted by molar-refractivity contribution is 0.0953. The lowest BCUT2D eigenvalue weighted by atomic mass is 10.2. The fraction of sp³-hybridized carbons (Fsp3) is 0.455. The Kier molecular flexibility index (Phi) is 6.25. The maximum atomic E-state index is 11.8. The van der Waals surface area contributed by atoms with Crippen LogP contribution in [0.3, 0.4) is 0 Å². The Morgan fingerprint density at radius 3 is 2.94 bits per heavy atom. The summed E-state index contributed by atoms with van der Waals surface area (Å²) in [6.45, 7) is 2.35. The van der Waals surface area contributed by atoms with Gasteiger partial charge in [0.15, 0.2) is 0 Å². The maximum Gasteiger partial charge on any atom is 0.254 e. The summed E-state index contributed by atoms with van der Waals surface area (Å²) in [6.07, 6.45) is 3.84. The van der Waals surface area contributed by atoms with Crippen LogP contribution in [0, 0.1) is 0 Å². The quantitative estimate of drug-likeness (QED) is 0.827. The summed E-state index contributed by atoms with van der Waals surface area (Å²) < 4.78 is 11.8. The van der Waals surface area contributed by atoms with Gasteiger partial charge in [-0.3, -0.25) is 9.00 Å². The zero-order chi connectivity index (χ0) is 13.7. The molecular formula is C11H14BrClN2O2S. The van der Waals surface area contributed by atoms with Gasteiger partial charge < -0.3 is 5.32 Å². The van der Waals surface area contributed by atoms with Crippen LogP contribution in [0.25, 0.3) is 0 Å². The molecule has 1 aromatic heterocycles. The Morgan fingerprint density at radius 1 is 1.67 bits per heavy atom. The van der Waals surface area contributed by atoms with Crippen molar-refractivity contribution in [1.82, 2.24) is 10.3 Å². The first kappa shape index (κ1) is 15.6. The number of nitrogens with one attached hydrogen (secondary N) is 1. The van der Waals surface area contributed by atoms with Crippen molar-refractivity contribution in [3.05, 3.63) is 27.5 Å². The van der Waals surface area contributed by atoms with Crippen molar-refractivity contribution >= 4 is 44.2 Å². The summed E-state index contributed by atoms with van der Waals surface area (Å²) in [5.41, 5.74) is 0.330. The Hall–Kier alpha value is -0.460. The Bertz CT molecular complexity index is 470. The molecule has 7 heteroatoms. The third kappa shape index (κ3) is 4.66. The van der Waals surface area contributed by atoms with Crippen LogP contribution < -0.4 is 5.32 Å². The van der Waals surface area contributed by atoms with Crippen LogP contribution in [0.2, 0.25) is 5.15 Å². The monoisotopic (exact) mass is 352 g/mol. The molecule has 0 bridgehead atoms. The molecule has 0 saturated carbocycles. The molecule has 0 aliphatic heterocycles. The number of nitrogens with zero attached hydrogens (tertiary/aromatic N) is 1. The summed E-state index contributed by atoms with van der Waals surface area (Å²) in [7, 11) is -0.875. The minimum Gasteiger partial charge on any atom is -0.352 e. The van der Waals surface area contributed by atoms with Crippen LogP contribution in [0.1, 0.15) is 23.7 Å². The predicted molar refractivity (Wildman–Crippen MR) is 77.4 cm³/mol. The van der Waals surface area contributed by atoms with Gasteiger partial charge >= 0.3 is 0 Å². The van der Waals surface area contributed by atoms with Gasteiger partial charge in [-0.2, -0.15) is 0 Å². The van der Waals surface area contributed by atoms with Gasteiger partial charge in [0.25, 0.3) is 5.91 Å². The van der Waals surface area contributed by atoms with Crippen LogP contribution in [0.15, 0.2) is 16.7 Å². The normalized spacial score (nSPS) is 14.0. The molecule has 1 heterocycles. The lowest BCUT2D eigenvalue weighted by Gasteiger charge is -2.10. The predicted octanol–water partition coefficient (Wildman–Crippen LogP) is 2.38. The third-order valence-electron chi connectivity index (χ3n) is 2.45. The zero-order valence-corrected chi connectivity index (χ0v) is 13.2. The minimum atomic E-state index is -0.875.